The molecule has 2 aliphatic rings. The van der Waals surface area contributed by atoms with Crippen LogP contribution in [0.25, 0.3) is 0 Å². The van der Waals surface area contributed by atoms with Gasteiger partial charge in [-0.1, -0.05) is 0 Å². The predicted octanol–water partition coefficient (Wildman–Crippen LogP) is 1.65. The van der Waals surface area contributed by atoms with Gasteiger partial charge in [-0.25, -0.2) is 9.18 Å². The van der Waals surface area contributed by atoms with Crippen LogP contribution < -0.4 is 9.80 Å². The lowest BCUT2D eigenvalue weighted by Crippen LogP contribution is -2.26. The fourth-order valence-corrected chi connectivity index (χ4v) is 3.32. The Hall–Kier alpha value is -1.47. The highest BCUT2D eigenvalue weighted by molar-refractivity contribution is 7.99. The molecular weight excluding hydrogens is 283 g/mol. The second kappa shape index (κ2) is 5.49. The van der Waals surface area contributed by atoms with Crippen LogP contribution in [0, 0.1) is 5.82 Å². The Balaban J connectivity index is 1.81. The van der Waals surface area contributed by atoms with Crippen LogP contribution in [0.1, 0.15) is 0 Å². The zero-order valence-electron chi connectivity index (χ0n) is 10.8. The average molecular weight is 298 g/mol. The summed E-state index contributed by atoms with van der Waals surface area (Å²) in [7, 11) is 0. The Labute approximate surface area is 120 Å². The first-order valence-electron chi connectivity index (χ1n) is 6.40. The number of anilines is 2. The quantitative estimate of drug-likeness (QED) is 0.919. The highest BCUT2D eigenvalue weighted by Gasteiger charge is 2.32. The smallest absolute Gasteiger partial charge is 0.414 e. The number of rotatable bonds is 3. The summed E-state index contributed by atoms with van der Waals surface area (Å²) in [4.78, 5) is 15.0. The molecule has 2 heterocycles. The molecule has 20 heavy (non-hydrogen) atoms. The summed E-state index contributed by atoms with van der Waals surface area (Å²) < 4.78 is 19.1. The van der Waals surface area contributed by atoms with Crippen molar-refractivity contribution in [2.24, 2.45) is 0 Å². The molecule has 0 aromatic heterocycles. The first-order valence-corrected chi connectivity index (χ1v) is 7.56. The second-order valence-corrected chi connectivity index (χ2v) is 5.81. The lowest BCUT2D eigenvalue weighted by molar-refractivity contribution is 0.0963. The summed E-state index contributed by atoms with van der Waals surface area (Å²) >= 11 is 1.77. The molecule has 1 atom stereocenters. The molecule has 108 valence electrons. The lowest BCUT2D eigenvalue weighted by atomic mass is 10.2. The SMILES string of the molecule is O=C1OC(CO)CN1c1ccc(N2CCSC2)c(F)c1. The summed E-state index contributed by atoms with van der Waals surface area (Å²) in [5, 5.41) is 9.00. The van der Waals surface area contributed by atoms with Gasteiger partial charge in [-0.3, -0.25) is 4.90 Å². The maximum Gasteiger partial charge on any atom is 0.414 e. The number of aliphatic hydroxyl groups is 1. The number of carbonyl (C=O) groups excluding carboxylic acids is 1. The Bertz CT molecular complexity index is 522. The molecule has 1 amide bonds. The molecule has 2 saturated heterocycles. The number of hydrogen-bond donors (Lipinski definition) is 1. The first kappa shape index (κ1) is 13.5. The normalized spacial score (nSPS) is 22.5. The molecular formula is C13H15FN2O3S. The number of thioether (sulfide) groups is 1. The van der Waals surface area contributed by atoms with Crippen LogP contribution >= 0.6 is 11.8 Å². The maximum absolute atomic E-state index is 14.2. The minimum atomic E-state index is -0.548. The number of benzene rings is 1. The highest BCUT2D eigenvalue weighted by Crippen LogP contribution is 2.30. The largest absolute Gasteiger partial charge is 0.441 e. The first-order chi connectivity index (χ1) is 9.69. The van der Waals surface area contributed by atoms with E-state index in [0.717, 1.165) is 18.2 Å². The van der Waals surface area contributed by atoms with E-state index in [9.17, 15) is 9.18 Å². The van der Waals surface area contributed by atoms with Crippen molar-refractivity contribution in [1.82, 2.24) is 0 Å². The fraction of sp³-hybridized carbons (Fsp3) is 0.462. The van der Waals surface area contributed by atoms with Crippen LogP contribution in [-0.4, -0.2) is 48.6 Å². The van der Waals surface area contributed by atoms with Crippen molar-refractivity contribution in [2.45, 2.75) is 6.10 Å². The Morgan fingerprint density at radius 2 is 2.35 bits per heavy atom. The van der Waals surface area contributed by atoms with Crippen molar-refractivity contribution < 1.29 is 19.0 Å². The number of halogens is 1. The van der Waals surface area contributed by atoms with Gasteiger partial charge < -0.3 is 14.7 Å². The zero-order valence-corrected chi connectivity index (χ0v) is 11.6. The van der Waals surface area contributed by atoms with Crippen LogP contribution in [-0.2, 0) is 4.74 Å². The van der Waals surface area contributed by atoms with Crippen LogP contribution in [0.2, 0.25) is 0 Å². The summed E-state index contributed by atoms with van der Waals surface area (Å²) in [6.07, 6.45) is -1.09. The van der Waals surface area contributed by atoms with Gasteiger partial charge in [-0.2, -0.15) is 0 Å². The van der Waals surface area contributed by atoms with Gasteiger partial charge in [0.15, 0.2) is 0 Å². The maximum atomic E-state index is 14.2. The third-order valence-corrected chi connectivity index (χ3v) is 4.38. The molecule has 5 nitrogen and oxygen atoms in total. The van der Waals surface area contributed by atoms with Gasteiger partial charge in [0, 0.05) is 12.3 Å². The van der Waals surface area contributed by atoms with Crippen molar-refractivity contribution in [2.75, 3.05) is 41.1 Å². The predicted molar refractivity (Wildman–Crippen MR) is 75.8 cm³/mol. The number of cyclic esters (lactones) is 1. The van der Waals surface area contributed by atoms with Crippen LogP contribution in [0.3, 0.4) is 0 Å². The molecule has 0 bridgehead atoms. The minimum Gasteiger partial charge on any atom is -0.441 e. The molecule has 2 fully saturated rings. The number of carbonyl (C=O) groups is 1. The van der Waals surface area contributed by atoms with Crippen LogP contribution in [0.5, 0.6) is 0 Å². The van der Waals surface area contributed by atoms with Crippen molar-refractivity contribution in [3.8, 4) is 0 Å². The Kier molecular flexibility index (Phi) is 3.71. The second-order valence-electron chi connectivity index (χ2n) is 4.74. The molecule has 1 aromatic rings. The van der Waals surface area contributed by atoms with E-state index >= 15 is 0 Å². The van der Waals surface area contributed by atoms with Crippen LogP contribution in [0.4, 0.5) is 20.6 Å². The van der Waals surface area contributed by atoms with Crippen molar-refractivity contribution in [3.63, 3.8) is 0 Å². The monoisotopic (exact) mass is 298 g/mol. The van der Waals surface area contributed by atoms with Crippen molar-refractivity contribution >= 4 is 29.2 Å². The number of amides is 1. The van der Waals surface area contributed by atoms with Crippen molar-refractivity contribution in [1.29, 1.82) is 0 Å². The summed E-state index contributed by atoms with van der Waals surface area (Å²) in [5.41, 5.74) is 1.02. The number of nitrogens with zero attached hydrogens (tertiary/aromatic N) is 2. The van der Waals surface area contributed by atoms with Gasteiger partial charge in [0.25, 0.3) is 0 Å². The Morgan fingerprint density at radius 3 is 2.95 bits per heavy atom. The van der Waals surface area contributed by atoms with Crippen LogP contribution in [0.15, 0.2) is 18.2 Å². The molecule has 3 rings (SSSR count). The molecule has 0 aliphatic carbocycles. The van der Waals surface area contributed by atoms with Gasteiger partial charge in [0.2, 0.25) is 0 Å². The van der Waals surface area contributed by atoms with Gasteiger partial charge in [0.1, 0.15) is 11.9 Å². The van der Waals surface area contributed by atoms with Gasteiger partial charge in [0.05, 0.1) is 30.4 Å². The van der Waals surface area contributed by atoms with E-state index in [2.05, 4.69) is 0 Å². The van der Waals surface area contributed by atoms with E-state index < -0.39 is 12.2 Å². The topological polar surface area (TPSA) is 53.0 Å². The van der Waals surface area contributed by atoms with E-state index in [-0.39, 0.29) is 19.0 Å². The van der Waals surface area contributed by atoms with E-state index in [1.807, 2.05) is 4.90 Å². The average Bonchev–Trinajstić information content (AvgIpc) is 3.07. The number of aliphatic hydroxyl groups excluding tert-OH is 1. The van der Waals surface area contributed by atoms with Gasteiger partial charge in [-0.15, -0.1) is 11.8 Å². The minimum absolute atomic E-state index is 0.228. The molecule has 1 N–H and O–H groups in total. The fourth-order valence-electron chi connectivity index (χ4n) is 2.35. The molecule has 0 radical (unpaired) electrons. The third kappa shape index (κ3) is 2.43. The number of hydrogen-bond acceptors (Lipinski definition) is 5. The van der Waals surface area contributed by atoms with Crippen molar-refractivity contribution in [3.05, 3.63) is 24.0 Å². The van der Waals surface area contributed by atoms with E-state index in [1.165, 1.54) is 11.0 Å². The van der Waals surface area contributed by atoms with Gasteiger partial charge in [-0.05, 0) is 18.2 Å². The summed E-state index contributed by atoms with van der Waals surface area (Å²) in [6.45, 7) is 0.848. The Morgan fingerprint density at radius 1 is 1.50 bits per heavy atom. The number of ether oxygens (including phenoxy) is 1. The highest BCUT2D eigenvalue weighted by atomic mass is 32.2. The standard InChI is InChI=1S/C13H15FN2O3S/c14-11-5-9(16-6-10(7-17)19-13(16)18)1-2-12(11)15-3-4-20-8-15/h1-2,5,10,17H,3-4,6-8H2. The lowest BCUT2D eigenvalue weighted by Gasteiger charge is -2.19. The van der Waals surface area contributed by atoms with Gasteiger partial charge >= 0.3 is 6.09 Å². The molecule has 0 saturated carbocycles. The van der Waals surface area contributed by atoms with E-state index in [1.54, 1.807) is 23.9 Å². The molecule has 0 spiro atoms. The molecule has 1 unspecified atom stereocenters. The summed E-state index contributed by atoms with van der Waals surface area (Å²) in [5.74, 6) is 1.44. The molecule has 1 aromatic carbocycles. The van der Waals surface area contributed by atoms with E-state index in [0.29, 0.717) is 11.4 Å². The summed E-state index contributed by atoms with van der Waals surface area (Å²) in [6, 6.07) is 4.75. The third-order valence-electron chi connectivity index (χ3n) is 3.41. The van der Waals surface area contributed by atoms with E-state index in [4.69, 9.17) is 9.84 Å². The zero-order chi connectivity index (χ0) is 14.1. The molecule has 7 heteroatoms. The molecule has 2 aliphatic heterocycles.